The summed E-state index contributed by atoms with van der Waals surface area (Å²) in [5.41, 5.74) is 2.01. The maximum absolute atomic E-state index is 13.2. The number of carbonyl (C=O) groups is 1. The number of hydrogen-bond donors (Lipinski definition) is 3. The fraction of sp³-hybridized carbons (Fsp3) is 0.333. The number of anilines is 1. The molecule has 0 saturated carbocycles. The van der Waals surface area contributed by atoms with Gasteiger partial charge in [0.1, 0.15) is 11.3 Å². The van der Waals surface area contributed by atoms with E-state index in [2.05, 4.69) is 128 Å². The molecule has 0 unspecified atom stereocenters. The molecular formula is C24H24I4N2O3. The summed E-state index contributed by atoms with van der Waals surface area (Å²) in [6, 6.07) is 10.7. The first-order valence-electron chi connectivity index (χ1n) is 10.1. The molecule has 176 valence electrons. The molecule has 5 nitrogen and oxygen atoms in total. The lowest BCUT2D eigenvalue weighted by Gasteiger charge is -2.34. The Kier molecular flexibility index (Phi) is 8.68. The van der Waals surface area contributed by atoms with Crippen LogP contribution in [0.5, 0.6) is 5.75 Å². The topological polar surface area (TPSA) is 82.2 Å². The van der Waals surface area contributed by atoms with Gasteiger partial charge in [0.15, 0.2) is 0 Å². The van der Waals surface area contributed by atoms with Crippen molar-refractivity contribution in [3.8, 4) is 5.75 Å². The van der Waals surface area contributed by atoms with Crippen LogP contribution in [0.25, 0.3) is 10.9 Å². The Labute approximate surface area is 247 Å². The van der Waals surface area contributed by atoms with Gasteiger partial charge in [-0.05, 0) is 23.8 Å². The highest BCUT2D eigenvalue weighted by Crippen LogP contribution is 2.47. The normalized spacial score (nSPS) is 12.5. The molecule has 0 atom stereocenters. The second-order valence-electron chi connectivity index (χ2n) is 8.99. The number of fused-ring (bicyclic) bond motifs is 1. The SMILES string of the molecule is CC(C)(c1cc(C(C)(C)C(I)I)c(NC(=O)c2c[nH]c3ccccc3c2=O)cc1O)C(I)I. The Bertz CT molecular complexity index is 1270. The van der Waals surface area contributed by atoms with Crippen LogP contribution in [0.1, 0.15) is 49.2 Å². The lowest BCUT2D eigenvalue weighted by Crippen LogP contribution is -2.30. The van der Waals surface area contributed by atoms with Crippen LogP contribution in [0.2, 0.25) is 0 Å². The maximum atomic E-state index is 13.2. The third-order valence-electron chi connectivity index (χ3n) is 5.90. The lowest BCUT2D eigenvalue weighted by atomic mass is 9.79. The number of phenols is 1. The number of aromatic amines is 1. The van der Waals surface area contributed by atoms with Crippen molar-refractivity contribution in [2.75, 3.05) is 5.32 Å². The largest absolute Gasteiger partial charge is 0.508 e. The Balaban J connectivity index is 2.14. The molecule has 0 spiro atoms. The number of benzene rings is 2. The van der Waals surface area contributed by atoms with Crippen LogP contribution in [0.3, 0.4) is 0 Å². The highest BCUT2D eigenvalue weighted by Gasteiger charge is 2.36. The van der Waals surface area contributed by atoms with Gasteiger partial charge in [0.25, 0.3) is 5.91 Å². The molecule has 1 amide bonds. The highest BCUT2D eigenvalue weighted by atomic mass is 127. The number of phenolic OH excluding ortho intramolecular Hbond substituents is 1. The number of amides is 1. The van der Waals surface area contributed by atoms with Crippen molar-refractivity contribution in [3.63, 3.8) is 0 Å². The van der Waals surface area contributed by atoms with Gasteiger partial charge in [0.05, 0.1) is 3.86 Å². The number of rotatable bonds is 6. The van der Waals surface area contributed by atoms with Crippen molar-refractivity contribution in [2.45, 2.75) is 42.4 Å². The molecule has 0 aliphatic rings. The zero-order valence-corrected chi connectivity index (χ0v) is 27.1. The van der Waals surface area contributed by atoms with E-state index in [0.29, 0.717) is 16.6 Å². The van der Waals surface area contributed by atoms with E-state index in [1.807, 2.05) is 12.1 Å². The van der Waals surface area contributed by atoms with Gasteiger partial charge >= 0.3 is 0 Å². The van der Waals surface area contributed by atoms with Gasteiger partial charge in [0.2, 0.25) is 5.43 Å². The first-order valence-corrected chi connectivity index (χ1v) is 15.1. The van der Waals surface area contributed by atoms with Crippen LogP contribution in [0.4, 0.5) is 5.69 Å². The molecule has 3 aromatic rings. The number of para-hydroxylation sites is 1. The minimum absolute atomic E-state index is 0.0291. The third kappa shape index (κ3) is 5.49. The van der Waals surface area contributed by atoms with Crippen molar-refractivity contribution in [1.29, 1.82) is 0 Å². The summed E-state index contributed by atoms with van der Waals surface area (Å²) in [4.78, 5) is 29.2. The van der Waals surface area contributed by atoms with E-state index >= 15 is 0 Å². The van der Waals surface area contributed by atoms with Crippen molar-refractivity contribution in [1.82, 2.24) is 4.98 Å². The molecule has 0 saturated heterocycles. The number of alkyl halides is 4. The van der Waals surface area contributed by atoms with E-state index in [1.165, 1.54) is 6.20 Å². The van der Waals surface area contributed by atoms with Crippen LogP contribution in [0, 0.1) is 0 Å². The highest BCUT2D eigenvalue weighted by molar-refractivity contribution is 14.2. The fourth-order valence-corrected chi connectivity index (χ4v) is 4.84. The van der Waals surface area contributed by atoms with Gasteiger partial charge < -0.3 is 15.4 Å². The van der Waals surface area contributed by atoms with Crippen molar-refractivity contribution in [2.24, 2.45) is 0 Å². The maximum Gasteiger partial charge on any atom is 0.261 e. The van der Waals surface area contributed by atoms with Crippen molar-refractivity contribution in [3.05, 3.63) is 69.5 Å². The summed E-state index contributed by atoms with van der Waals surface area (Å²) in [7, 11) is 0. The van der Waals surface area contributed by atoms with Gasteiger partial charge in [-0.3, -0.25) is 9.59 Å². The smallest absolute Gasteiger partial charge is 0.261 e. The van der Waals surface area contributed by atoms with E-state index in [9.17, 15) is 14.7 Å². The minimum atomic E-state index is -0.510. The van der Waals surface area contributed by atoms with E-state index < -0.39 is 5.91 Å². The predicted molar refractivity (Wildman–Crippen MR) is 170 cm³/mol. The molecule has 3 N–H and O–H groups in total. The molecule has 33 heavy (non-hydrogen) atoms. The van der Waals surface area contributed by atoms with Crippen LogP contribution in [-0.2, 0) is 10.8 Å². The summed E-state index contributed by atoms with van der Waals surface area (Å²) >= 11 is 9.47. The van der Waals surface area contributed by atoms with Gasteiger partial charge in [-0.2, -0.15) is 0 Å². The third-order valence-corrected chi connectivity index (χ3v) is 12.1. The molecule has 0 fully saturated rings. The Hall–Kier alpha value is -0.160. The first-order chi connectivity index (χ1) is 15.3. The Morgan fingerprint density at radius 3 is 2.15 bits per heavy atom. The monoisotopic (exact) mass is 896 g/mol. The Morgan fingerprint density at radius 1 is 0.970 bits per heavy atom. The molecular weight excluding hydrogens is 872 g/mol. The second-order valence-corrected chi connectivity index (χ2v) is 18.7. The Morgan fingerprint density at radius 2 is 1.55 bits per heavy atom. The number of halogens is 4. The number of H-pyrrole nitrogens is 1. The average molecular weight is 896 g/mol. The van der Waals surface area contributed by atoms with Crippen molar-refractivity contribution < 1.29 is 9.90 Å². The van der Waals surface area contributed by atoms with E-state index in [-0.39, 0.29) is 31.4 Å². The summed E-state index contributed by atoms with van der Waals surface area (Å²) in [6.07, 6.45) is 1.44. The van der Waals surface area contributed by atoms with Gasteiger partial charge in [-0.1, -0.05) is 130 Å². The molecule has 0 radical (unpaired) electrons. The van der Waals surface area contributed by atoms with Crippen LogP contribution in [-0.4, -0.2) is 19.9 Å². The average Bonchev–Trinajstić information content (AvgIpc) is 2.73. The van der Waals surface area contributed by atoms with Crippen LogP contribution in [0.15, 0.2) is 47.4 Å². The van der Waals surface area contributed by atoms with E-state index in [1.54, 1.807) is 24.3 Å². The summed E-state index contributed by atoms with van der Waals surface area (Å²) in [5, 5.41) is 14.3. The number of carbonyl (C=O) groups excluding carboxylic acids is 1. The van der Waals surface area contributed by atoms with Crippen LogP contribution < -0.4 is 10.7 Å². The van der Waals surface area contributed by atoms with Crippen LogP contribution >= 0.6 is 90.4 Å². The van der Waals surface area contributed by atoms with E-state index in [0.717, 1.165) is 11.1 Å². The molecule has 1 heterocycles. The fourth-order valence-electron chi connectivity index (χ4n) is 3.50. The quantitative estimate of drug-likeness (QED) is 0.178. The number of nitrogens with one attached hydrogen (secondary N) is 2. The molecule has 1 aromatic heterocycles. The summed E-state index contributed by atoms with van der Waals surface area (Å²) in [6.45, 7) is 8.43. The number of aromatic nitrogens is 1. The summed E-state index contributed by atoms with van der Waals surface area (Å²) < 4.78 is 0.448. The first kappa shape index (κ1) is 27.4. The number of pyridine rings is 1. The molecule has 2 aromatic carbocycles. The number of aromatic hydroxyl groups is 1. The zero-order valence-electron chi connectivity index (χ0n) is 18.5. The predicted octanol–water partition coefficient (Wildman–Crippen LogP) is 7.43. The van der Waals surface area contributed by atoms with Gasteiger partial charge in [-0.25, -0.2) is 0 Å². The second kappa shape index (κ2) is 10.4. The molecule has 0 aliphatic heterocycles. The number of hydrogen-bond acceptors (Lipinski definition) is 3. The molecule has 0 aliphatic carbocycles. The van der Waals surface area contributed by atoms with Gasteiger partial charge in [0, 0.05) is 45.2 Å². The molecule has 9 heteroatoms. The van der Waals surface area contributed by atoms with E-state index in [4.69, 9.17) is 0 Å². The lowest BCUT2D eigenvalue weighted by molar-refractivity contribution is 0.102. The summed E-state index contributed by atoms with van der Waals surface area (Å²) in [5.74, 6) is -0.386. The molecule has 3 rings (SSSR count). The van der Waals surface area contributed by atoms with Gasteiger partial charge in [-0.15, -0.1) is 0 Å². The molecule has 0 bridgehead atoms. The van der Waals surface area contributed by atoms with Crippen molar-refractivity contribution >= 4 is 113 Å². The standard InChI is InChI=1S/C24H24I4N2O3/c1-23(2,21(25)26)14-9-15(24(3,4)22(27)28)18(31)10-17(14)30-20(33)13-11-29-16-8-6-5-7-12(16)19(13)32/h5-11,21-22,31H,1-4H3,(H,29,32)(H,30,33). The minimum Gasteiger partial charge on any atom is -0.508 e. The zero-order chi connectivity index (χ0) is 24.7.